The summed E-state index contributed by atoms with van der Waals surface area (Å²) in [6.45, 7) is 8.65. The van der Waals surface area contributed by atoms with Crippen molar-refractivity contribution in [1.82, 2.24) is 0 Å². The first kappa shape index (κ1) is 7.41. The smallest absolute Gasteiger partial charge is 0.122 e. The van der Waals surface area contributed by atoms with Crippen LogP contribution >= 0.6 is 0 Å². The van der Waals surface area contributed by atoms with Crippen LogP contribution in [0.2, 0.25) is 0 Å². The molecule has 0 radical (unpaired) electrons. The fourth-order valence-corrected chi connectivity index (χ4v) is 0.416. The van der Waals surface area contributed by atoms with Gasteiger partial charge in [-0.1, -0.05) is 11.6 Å². The number of halogens is 1. The van der Waals surface area contributed by atoms with E-state index in [1.54, 1.807) is 6.92 Å². The average Bonchev–Trinajstić information content (AvgIpc) is 1.65. The normalized spacial score (nSPS) is 12.8. The van der Waals surface area contributed by atoms with Crippen LogP contribution in [0.5, 0.6) is 0 Å². The van der Waals surface area contributed by atoms with E-state index in [1.807, 2.05) is 0 Å². The van der Waals surface area contributed by atoms with Crippen LogP contribution < -0.4 is 0 Å². The van der Waals surface area contributed by atoms with Gasteiger partial charge in [-0.25, -0.2) is 4.39 Å². The number of alkyl halides is 1. The second-order valence-corrected chi connectivity index (χ2v) is 1.91. The van der Waals surface area contributed by atoms with Crippen LogP contribution in [-0.2, 0) is 0 Å². The minimum Gasteiger partial charge on any atom is -0.243 e. The van der Waals surface area contributed by atoms with E-state index in [-0.39, 0.29) is 0 Å². The molecule has 0 bridgehead atoms. The molecule has 0 saturated heterocycles. The zero-order valence-electron chi connectivity index (χ0n) is 5.15. The van der Waals surface area contributed by atoms with Crippen LogP contribution in [0.3, 0.4) is 0 Å². The Hall–Kier alpha value is -0.590. The molecule has 8 heavy (non-hydrogen) atoms. The monoisotopic (exact) mass is 114 g/mol. The summed E-state index contributed by atoms with van der Waals surface area (Å²) < 4.78 is 12.2. The highest BCUT2D eigenvalue weighted by atomic mass is 19.1. The third-order valence-electron chi connectivity index (χ3n) is 0.799. The van der Waals surface area contributed by atoms with Crippen LogP contribution in [0.25, 0.3) is 0 Å². The van der Waals surface area contributed by atoms with Gasteiger partial charge in [0, 0.05) is 6.42 Å². The summed E-state index contributed by atoms with van der Waals surface area (Å²) in [6.07, 6.45) is 0.783. The zero-order valence-corrected chi connectivity index (χ0v) is 5.15. The summed E-state index contributed by atoms with van der Waals surface area (Å²) in [7, 11) is 0. The van der Waals surface area contributed by atoms with E-state index in [0.717, 1.165) is 5.57 Å². The molecule has 1 heteroatoms. The van der Waals surface area contributed by atoms with Gasteiger partial charge in [0.25, 0.3) is 0 Å². The molecule has 0 aliphatic carbocycles. The maximum Gasteiger partial charge on any atom is 0.122 e. The first-order valence-corrected chi connectivity index (χ1v) is 2.58. The first-order chi connectivity index (χ1) is 3.66. The second-order valence-electron chi connectivity index (χ2n) is 1.91. The Bertz CT molecular complexity index is 94.6. The lowest BCUT2D eigenvalue weighted by molar-refractivity contribution is 0.398. The molecule has 0 aliphatic heterocycles. The third-order valence-corrected chi connectivity index (χ3v) is 0.799. The van der Waals surface area contributed by atoms with Crippen molar-refractivity contribution in [3.05, 3.63) is 24.8 Å². The molecule has 0 aromatic heterocycles. The lowest BCUT2D eigenvalue weighted by atomic mass is 10.2. The Morgan fingerprint density at radius 1 is 1.88 bits per heavy atom. The summed E-state index contributed by atoms with van der Waals surface area (Å²) in [5, 5.41) is 0. The molecule has 1 atom stereocenters. The highest BCUT2D eigenvalue weighted by molar-refractivity contribution is 4.95. The lowest BCUT2D eigenvalue weighted by Gasteiger charge is -1.98. The fraction of sp³-hybridized carbons (Fsp3) is 0.429. The molecule has 0 amide bonds. The number of hydrogen-bond acceptors (Lipinski definition) is 0. The van der Waals surface area contributed by atoms with Crippen molar-refractivity contribution in [2.75, 3.05) is 0 Å². The molecule has 0 aromatic carbocycles. The van der Waals surface area contributed by atoms with Gasteiger partial charge in [0.05, 0.1) is 0 Å². The van der Waals surface area contributed by atoms with Gasteiger partial charge in [-0.05, 0) is 6.92 Å². The fourth-order valence-electron chi connectivity index (χ4n) is 0.416. The molecule has 0 saturated carbocycles. The number of allylic oxidation sites excluding steroid dienone is 2. The average molecular weight is 114 g/mol. The predicted molar refractivity (Wildman–Crippen MR) is 34.5 cm³/mol. The Labute approximate surface area is 49.7 Å². The summed E-state index contributed by atoms with van der Waals surface area (Å²) in [6, 6.07) is 0. The Balaban J connectivity index is 3.38. The standard InChI is InChI=1S/C7H11F/c1-4-7(8)5-6(2)3/h4,7H,1-2,5H2,3H3. The second kappa shape index (κ2) is 3.42. The predicted octanol–water partition coefficient (Wildman–Crippen LogP) is 2.48. The Kier molecular flexibility index (Phi) is 3.16. The summed E-state index contributed by atoms with van der Waals surface area (Å²) >= 11 is 0. The molecule has 0 aliphatic rings. The SMILES string of the molecule is C=CC(F)CC(=C)C. The van der Waals surface area contributed by atoms with E-state index in [1.165, 1.54) is 6.08 Å². The van der Waals surface area contributed by atoms with E-state index in [4.69, 9.17) is 0 Å². The van der Waals surface area contributed by atoms with Crippen molar-refractivity contribution in [2.45, 2.75) is 19.5 Å². The van der Waals surface area contributed by atoms with Crippen molar-refractivity contribution in [3.63, 3.8) is 0 Å². The molecule has 0 N–H and O–H groups in total. The maximum atomic E-state index is 12.2. The lowest BCUT2D eigenvalue weighted by Crippen LogP contribution is -1.92. The Morgan fingerprint density at radius 2 is 2.38 bits per heavy atom. The highest BCUT2D eigenvalue weighted by Gasteiger charge is 1.97. The molecule has 0 fully saturated rings. The Morgan fingerprint density at radius 3 is 2.50 bits per heavy atom. The molecule has 0 nitrogen and oxygen atoms in total. The molecule has 1 unspecified atom stereocenters. The largest absolute Gasteiger partial charge is 0.243 e. The molecular formula is C7H11F. The number of rotatable bonds is 3. The van der Waals surface area contributed by atoms with E-state index in [0.29, 0.717) is 6.42 Å². The zero-order chi connectivity index (χ0) is 6.57. The van der Waals surface area contributed by atoms with Gasteiger partial charge in [0.2, 0.25) is 0 Å². The minimum absolute atomic E-state index is 0.406. The molecular weight excluding hydrogens is 103 g/mol. The quantitative estimate of drug-likeness (QED) is 0.494. The van der Waals surface area contributed by atoms with Crippen molar-refractivity contribution >= 4 is 0 Å². The molecule has 0 heterocycles. The third kappa shape index (κ3) is 3.59. The van der Waals surface area contributed by atoms with Crippen molar-refractivity contribution < 1.29 is 4.39 Å². The summed E-state index contributed by atoms with van der Waals surface area (Å²) in [4.78, 5) is 0. The summed E-state index contributed by atoms with van der Waals surface area (Å²) in [5.74, 6) is 0. The van der Waals surface area contributed by atoms with Crippen LogP contribution in [-0.4, -0.2) is 6.17 Å². The van der Waals surface area contributed by atoms with Gasteiger partial charge in [-0.3, -0.25) is 0 Å². The summed E-state index contributed by atoms with van der Waals surface area (Å²) in [5.41, 5.74) is 0.859. The highest BCUT2D eigenvalue weighted by Crippen LogP contribution is 2.05. The van der Waals surface area contributed by atoms with Crippen molar-refractivity contribution in [2.24, 2.45) is 0 Å². The van der Waals surface area contributed by atoms with Crippen LogP contribution in [0.1, 0.15) is 13.3 Å². The van der Waals surface area contributed by atoms with Gasteiger partial charge in [0.15, 0.2) is 0 Å². The van der Waals surface area contributed by atoms with E-state index >= 15 is 0 Å². The molecule has 0 rings (SSSR count). The van der Waals surface area contributed by atoms with Crippen LogP contribution in [0.15, 0.2) is 24.8 Å². The van der Waals surface area contributed by atoms with Gasteiger partial charge >= 0.3 is 0 Å². The van der Waals surface area contributed by atoms with E-state index in [9.17, 15) is 4.39 Å². The minimum atomic E-state index is -0.910. The van der Waals surface area contributed by atoms with Gasteiger partial charge in [-0.15, -0.1) is 13.2 Å². The van der Waals surface area contributed by atoms with Gasteiger partial charge in [0.1, 0.15) is 6.17 Å². The van der Waals surface area contributed by atoms with Crippen LogP contribution in [0.4, 0.5) is 4.39 Å². The van der Waals surface area contributed by atoms with E-state index in [2.05, 4.69) is 13.2 Å². The first-order valence-electron chi connectivity index (χ1n) is 2.58. The molecule has 46 valence electrons. The maximum absolute atomic E-state index is 12.2. The van der Waals surface area contributed by atoms with Crippen molar-refractivity contribution in [3.8, 4) is 0 Å². The van der Waals surface area contributed by atoms with Gasteiger partial charge < -0.3 is 0 Å². The number of hydrogen-bond donors (Lipinski definition) is 0. The molecule has 0 spiro atoms. The van der Waals surface area contributed by atoms with Crippen LogP contribution in [0, 0.1) is 0 Å². The van der Waals surface area contributed by atoms with E-state index < -0.39 is 6.17 Å². The van der Waals surface area contributed by atoms with Crippen molar-refractivity contribution in [1.29, 1.82) is 0 Å². The van der Waals surface area contributed by atoms with Gasteiger partial charge in [-0.2, -0.15) is 0 Å². The topological polar surface area (TPSA) is 0 Å². The molecule has 0 aromatic rings.